The second kappa shape index (κ2) is 8.92. The van der Waals surface area contributed by atoms with Crippen molar-refractivity contribution in [1.82, 2.24) is 5.32 Å². The monoisotopic (exact) mass is 309 g/mol. The van der Waals surface area contributed by atoms with Crippen LogP contribution in [0.3, 0.4) is 0 Å². The largest absolute Gasteiger partial charge is 0.493 e. The summed E-state index contributed by atoms with van der Waals surface area (Å²) in [6.45, 7) is 6.02. The molecule has 1 aromatic carbocycles. The Hall–Kier alpha value is -2.24. The highest BCUT2D eigenvalue weighted by molar-refractivity contribution is 5.84. The van der Waals surface area contributed by atoms with Crippen LogP contribution in [0, 0.1) is 5.92 Å². The van der Waals surface area contributed by atoms with Gasteiger partial charge in [-0.05, 0) is 31.4 Å². The van der Waals surface area contributed by atoms with Gasteiger partial charge in [-0.3, -0.25) is 9.59 Å². The van der Waals surface area contributed by atoms with Crippen LogP contribution in [0.2, 0.25) is 0 Å². The van der Waals surface area contributed by atoms with Crippen LogP contribution in [0.4, 0.5) is 0 Å². The molecule has 1 amide bonds. The first-order valence-electron chi connectivity index (χ1n) is 7.26. The predicted molar refractivity (Wildman–Crippen MR) is 82.1 cm³/mol. The zero-order valence-corrected chi connectivity index (χ0v) is 13.2. The van der Waals surface area contributed by atoms with Gasteiger partial charge in [0.2, 0.25) is 0 Å². The number of carboxylic acids is 1. The van der Waals surface area contributed by atoms with Crippen LogP contribution in [0.15, 0.2) is 24.3 Å². The first-order valence-corrected chi connectivity index (χ1v) is 7.26. The van der Waals surface area contributed by atoms with Crippen molar-refractivity contribution < 1.29 is 24.2 Å². The Morgan fingerprint density at radius 2 is 1.82 bits per heavy atom. The predicted octanol–water partition coefficient (Wildman–Crippen LogP) is 2.08. The number of aliphatic carboxylic acids is 1. The number of benzene rings is 1. The number of rotatable bonds is 9. The molecule has 6 heteroatoms. The minimum absolute atomic E-state index is 0.243. The number of hydrogen-bond acceptors (Lipinski definition) is 4. The Kier molecular flexibility index (Phi) is 7.22. The summed E-state index contributed by atoms with van der Waals surface area (Å²) in [7, 11) is 0. The third-order valence-electron chi connectivity index (χ3n) is 2.89. The lowest BCUT2D eigenvalue weighted by atomic mass is 10.1. The maximum atomic E-state index is 11.5. The maximum absolute atomic E-state index is 11.5. The third-order valence-corrected chi connectivity index (χ3v) is 2.89. The molecular formula is C16H23NO5. The lowest BCUT2D eigenvalue weighted by Crippen LogP contribution is -2.40. The van der Waals surface area contributed by atoms with Gasteiger partial charge in [0.25, 0.3) is 5.91 Å². The summed E-state index contributed by atoms with van der Waals surface area (Å²) in [5.74, 6) is 0.173. The van der Waals surface area contributed by atoms with E-state index < -0.39 is 17.9 Å². The minimum atomic E-state index is -1.09. The molecule has 1 rings (SSSR count). The van der Waals surface area contributed by atoms with Gasteiger partial charge in [0, 0.05) is 6.07 Å². The van der Waals surface area contributed by atoms with Gasteiger partial charge in [-0.25, -0.2) is 0 Å². The zero-order valence-electron chi connectivity index (χ0n) is 13.2. The summed E-state index contributed by atoms with van der Waals surface area (Å²) in [6.07, 6.45) is 0.959. The van der Waals surface area contributed by atoms with Crippen LogP contribution in [-0.2, 0) is 9.59 Å². The Bertz CT molecular complexity index is 501. The van der Waals surface area contributed by atoms with Gasteiger partial charge in [0.1, 0.15) is 17.5 Å². The number of nitrogens with one attached hydrogen (secondary N) is 1. The Morgan fingerprint density at radius 1 is 1.18 bits per heavy atom. The van der Waals surface area contributed by atoms with E-state index in [9.17, 15) is 9.59 Å². The molecule has 0 aliphatic carbocycles. The standard InChI is InChI=1S/C16H23NO5/c1-11(2)7-8-21-13-5-4-6-14(9-13)22-10-15(18)17-12(3)16(19)20/h4-6,9,11-12H,7-8,10H2,1-3H3,(H,17,18)(H,19,20). The average Bonchev–Trinajstić information content (AvgIpc) is 2.45. The van der Waals surface area contributed by atoms with E-state index >= 15 is 0 Å². The second-order valence-electron chi connectivity index (χ2n) is 5.42. The highest BCUT2D eigenvalue weighted by atomic mass is 16.5. The molecular weight excluding hydrogens is 286 g/mol. The summed E-state index contributed by atoms with van der Waals surface area (Å²) < 4.78 is 10.9. The molecule has 0 aromatic heterocycles. The lowest BCUT2D eigenvalue weighted by Gasteiger charge is -2.12. The van der Waals surface area contributed by atoms with Gasteiger partial charge < -0.3 is 19.9 Å². The summed E-state index contributed by atoms with van der Waals surface area (Å²) in [5, 5.41) is 11.0. The van der Waals surface area contributed by atoms with E-state index in [1.165, 1.54) is 6.92 Å². The SMILES string of the molecule is CC(C)CCOc1cccc(OCC(=O)NC(C)C(=O)O)c1. The fraction of sp³-hybridized carbons (Fsp3) is 0.500. The van der Waals surface area contributed by atoms with Gasteiger partial charge in [0.05, 0.1) is 6.61 Å². The Morgan fingerprint density at radius 3 is 2.41 bits per heavy atom. The molecule has 0 aliphatic rings. The summed E-state index contributed by atoms with van der Waals surface area (Å²) in [5.41, 5.74) is 0. The normalized spacial score (nSPS) is 11.8. The van der Waals surface area contributed by atoms with Crippen molar-refractivity contribution in [1.29, 1.82) is 0 Å². The summed E-state index contributed by atoms with van der Waals surface area (Å²) in [6, 6.07) is 6.07. The van der Waals surface area contributed by atoms with Crippen molar-refractivity contribution in [3.8, 4) is 11.5 Å². The average molecular weight is 309 g/mol. The first kappa shape index (κ1) is 17.8. The van der Waals surface area contributed by atoms with E-state index in [1.807, 2.05) is 6.07 Å². The van der Waals surface area contributed by atoms with Crippen molar-refractivity contribution in [3.63, 3.8) is 0 Å². The van der Waals surface area contributed by atoms with E-state index in [0.717, 1.165) is 6.42 Å². The molecule has 1 atom stereocenters. The summed E-state index contributed by atoms with van der Waals surface area (Å²) in [4.78, 5) is 22.2. The van der Waals surface area contributed by atoms with Crippen LogP contribution in [0.1, 0.15) is 27.2 Å². The number of carbonyl (C=O) groups excluding carboxylic acids is 1. The number of hydrogen-bond donors (Lipinski definition) is 2. The highest BCUT2D eigenvalue weighted by Gasteiger charge is 2.14. The number of carboxylic acid groups (broad SMARTS) is 1. The van der Waals surface area contributed by atoms with E-state index in [-0.39, 0.29) is 6.61 Å². The molecule has 0 aliphatic heterocycles. The van der Waals surface area contributed by atoms with E-state index in [0.29, 0.717) is 24.0 Å². The smallest absolute Gasteiger partial charge is 0.325 e. The fourth-order valence-electron chi connectivity index (χ4n) is 1.56. The summed E-state index contributed by atoms with van der Waals surface area (Å²) >= 11 is 0. The molecule has 1 aromatic rings. The molecule has 2 N–H and O–H groups in total. The van der Waals surface area contributed by atoms with Crippen molar-refractivity contribution >= 4 is 11.9 Å². The van der Waals surface area contributed by atoms with E-state index in [4.69, 9.17) is 14.6 Å². The third kappa shape index (κ3) is 6.97. The topological polar surface area (TPSA) is 84.9 Å². The lowest BCUT2D eigenvalue weighted by molar-refractivity contribution is -0.141. The van der Waals surface area contributed by atoms with Crippen LogP contribution < -0.4 is 14.8 Å². The van der Waals surface area contributed by atoms with Gasteiger partial charge >= 0.3 is 5.97 Å². The molecule has 0 radical (unpaired) electrons. The molecule has 22 heavy (non-hydrogen) atoms. The van der Waals surface area contributed by atoms with Gasteiger partial charge in [-0.1, -0.05) is 19.9 Å². The van der Waals surface area contributed by atoms with Crippen molar-refractivity contribution in [2.75, 3.05) is 13.2 Å². The van der Waals surface area contributed by atoms with Crippen molar-refractivity contribution in [3.05, 3.63) is 24.3 Å². The van der Waals surface area contributed by atoms with Crippen LogP contribution in [0.5, 0.6) is 11.5 Å². The molecule has 0 saturated carbocycles. The molecule has 1 unspecified atom stereocenters. The van der Waals surface area contributed by atoms with Gasteiger partial charge in [-0.15, -0.1) is 0 Å². The number of carbonyl (C=O) groups is 2. The second-order valence-corrected chi connectivity index (χ2v) is 5.42. The molecule has 0 fully saturated rings. The first-order chi connectivity index (χ1) is 10.4. The molecule has 0 bridgehead atoms. The van der Waals surface area contributed by atoms with Crippen molar-refractivity contribution in [2.45, 2.75) is 33.2 Å². The number of amides is 1. The van der Waals surface area contributed by atoms with E-state index in [2.05, 4.69) is 19.2 Å². The zero-order chi connectivity index (χ0) is 16.5. The maximum Gasteiger partial charge on any atom is 0.325 e. The molecule has 0 spiro atoms. The van der Waals surface area contributed by atoms with Crippen molar-refractivity contribution in [2.24, 2.45) is 5.92 Å². The minimum Gasteiger partial charge on any atom is -0.493 e. The quantitative estimate of drug-likeness (QED) is 0.729. The number of ether oxygens (including phenoxy) is 2. The van der Waals surface area contributed by atoms with Crippen LogP contribution in [0.25, 0.3) is 0 Å². The van der Waals surface area contributed by atoms with Gasteiger partial charge in [-0.2, -0.15) is 0 Å². The molecule has 6 nitrogen and oxygen atoms in total. The molecule has 122 valence electrons. The molecule has 0 saturated heterocycles. The van der Waals surface area contributed by atoms with Gasteiger partial charge in [0.15, 0.2) is 6.61 Å². The Labute approximate surface area is 130 Å². The Balaban J connectivity index is 2.42. The highest BCUT2D eigenvalue weighted by Crippen LogP contribution is 2.19. The molecule has 0 heterocycles. The van der Waals surface area contributed by atoms with E-state index in [1.54, 1.807) is 18.2 Å². The van der Waals surface area contributed by atoms with Crippen LogP contribution in [-0.4, -0.2) is 36.2 Å². The van der Waals surface area contributed by atoms with Crippen LogP contribution >= 0.6 is 0 Å². The fourth-order valence-corrected chi connectivity index (χ4v) is 1.56.